The number of anilines is 2. The molecule has 0 radical (unpaired) electrons. The molecule has 1 fully saturated rings. The largest absolute Gasteiger partial charge is 0.308 e. The highest BCUT2D eigenvalue weighted by atomic mass is 32.2. The zero-order valence-corrected chi connectivity index (χ0v) is 14.5. The molecule has 0 aliphatic heterocycles. The van der Waals surface area contributed by atoms with Crippen molar-refractivity contribution in [1.29, 1.82) is 0 Å². The van der Waals surface area contributed by atoms with Gasteiger partial charge in [0.2, 0.25) is 5.91 Å². The number of hydrogen-bond acceptors (Lipinski definition) is 3. The highest BCUT2D eigenvalue weighted by molar-refractivity contribution is 7.92. The van der Waals surface area contributed by atoms with Gasteiger partial charge >= 0.3 is 0 Å². The third-order valence-electron chi connectivity index (χ3n) is 4.04. The molecule has 3 rings (SSSR count). The summed E-state index contributed by atoms with van der Waals surface area (Å²) in [6.07, 6.45) is 1.89. The van der Waals surface area contributed by atoms with Crippen LogP contribution in [-0.4, -0.2) is 20.4 Å². The van der Waals surface area contributed by atoms with Gasteiger partial charge in [-0.05, 0) is 43.5 Å². The number of carbonyl (C=O) groups is 1. The zero-order valence-electron chi connectivity index (χ0n) is 13.7. The van der Waals surface area contributed by atoms with Crippen LogP contribution in [0.15, 0.2) is 53.4 Å². The first kappa shape index (κ1) is 16.5. The average Bonchev–Trinajstić information content (AvgIpc) is 3.33. The standard InChI is InChI=1S/C18H20N2O3S/c1-13-7-3-6-10-18(13)24(22,23)19-16-8-4-5-9-17(16)20(14(2)21)15-11-12-15/h3-10,15,19H,11-12H2,1-2H3. The van der Waals surface area contributed by atoms with Crippen molar-refractivity contribution in [2.75, 3.05) is 9.62 Å². The molecule has 0 bridgehead atoms. The average molecular weight is 344 g/mol. The first-order valence-corrected chi connectivity index (χ1v) is 9.36. The second kappa shape index (κ2) is 6.28. The minimum atomic E-state index is -3.72. The maximum absolute atomic E-state index is 12.7. The van der Waals surface area contributed by atoms with E-state index in [1.165, 1.54) is 6.92 Å². The van der Waals surface area contributed by atoms with Crippen LogP contribution >= 0.6 is 0 Å². The van der Waals surface area contributed by atoms with Crippen LogP contribution in [0.1, 0.15) is 25.3 Å². The van der Waals surface area contributed by atoms with Crippen LogP contribution in [-0.2, 0) is 14.8 Å². The number of benzene rings is 2. The predicted molar refractivity (Wildman–Crippen MR) is 94.6 cm³/mol. The highest BCUT2D eigenvalue weighted by Gasteiger charge is 2.33. The monoisotopic (exact) mass is 344 g/mol. The van der Waals surface area contributed by atoms with Crippen LogP contribution < -0.4 is 9.62 Å². The Hall–Kier alpha value is -2.34. The molecular formula is C18H20N2O3S. The van der Waals surface area contributed by atoms with Crippen LogP contribution in [0, 0.1) is 6.92 Å². The summed E-state index contributed by atoms with van der Waals surface area (Å²) in [4.78, 5) is 13.9. The van der Waals surface area contributed by atoms with Crippen LogP contribution in [0.3, 0.4) is 0 Å². The minimum Gasteiger partial charge on any atom is -0.308 e. The van der Waals surface area contributed by atoms with Crippen molar-refractivity contribution >= 4 is 27.3 Å². The van der Waals surface area contributed by atoms with Crippen molar-refractivity contribution in [2.45, 2.75) is 37.6 Å². The fourth-order valence-electron chi connectivity index (χ4n) is 2.78. The van der Waals surface area contributed by atoms with Gasteiger partial charge < -0.3 is 4.90 Å². The van der Waals surface area contributed by atoms with Gasteiger partial charge in [-0.2, -0.15) is 0 Å². The fraction of sp³-hybridized carbons (Fsp3) is 0.278. The lowest BCUT2D eigenvalue weighted by Gasteiger charge is -2.24. The second-order valence-electron chi connectivity index (χ2n) is 6.01. The van der Waals surface area contributed by atoms with Crippen molar-refractivity contribution in [3.63, 3.8) is 0 Å². The molecule has 1 amide bonds. The van der Waals surface area contributed by atoms with Crippen molar-refractivity contribution < 1.29 is 13.2 Å². The first-order valence-electron chi connectivity index (χ1n) is 7.87. The molecule has 0 atom stereocenters. The summed E-state index contributed by atoms with van der Waals surface area (Å²) in [5, 5.41) is 0. The molecule has 5 nitrogen and oxygen atoms in total. The van der Waals surface area contributed by atoms with E-state index in [1.807, 2.05) is 0 Å². The highest BCUT2D eigenvalue weighted by Crippen LogP contribution is 2.36. The minimum absolute atomic E-state index is 0.0833. The lowest BCUT2D eigenvalue weighted by Crippen LogP contribution is -2.31. The van der Waals surface area contributed by atoms with Crippen LogP contribution in [0.25, 0.3) is 0 Å². The van der Waals surface area contributed by atoms with Gasteiger partial charge in [0.05, 0.1) is 16.3 Å². The Morgan fingerprint density at radius 1 is 1.08 bits per heavy atom. The molecule has 1 N–H and O–H groups in total. The summed E-state index contributed by atoms with van der Waals surface area (Å²) in [6, 6.07) is 14.0. The Balaban J connectivity index is 1.99. The van der Waals surface area contributed by atoms with Crippen molar-refractivity contribution in [2.24, 2.45) is 0 Å². The molecule has 0 spiro atoms. The third kappa shape index (κ3) is 3.28. The summed E-state index contributed by atoms with van der Waals surface area (Å²) in [5.41, 5.74) is 1.70. The Labute approximate surface area is 142 Å². The van der Waals surface area contributed by atoms with E-state index in [0.717, 1.165) is 12.8 Å². The molecule has 6 heteroatoms. The molecule has 0 unspecified atom stereocenters. The van der Waals surface area contributed by atoms with Crippen molar-refractivity contribution in [1.82, 2.24) is 0 Å². The molecule has 0 saturated heterocycles. The summed E-state index contributed by atoms with van der Waals surface area (Å²) in [7, 11) is -3.72. The van der Waals surface area contributed by atoms with Gasteiger partial charge in [0.25, 0.3) is 10.0 Å². The summed E-state index contributed by atoms with van der Waals surface area (Å²) >= 11 is 0. The van der Waals surface area contributed by atoms with Crippen molar-refractivity contribution in [3.8, 4) is 0 Å². The zero-order chi connectivity index (χ0) is 17.3. The third-order valence-corrected chi connectivity index (χ3v) is 5.57. The SMILES string of the molecule is CC(=O)N(c1ccccc1NS(=O)(=O)c1ccccc1C)C1CC1. The molecular weight excluding hydrogens is 324 g/mol. The molecule has 24 heavy (non-hydrogen) atoms. The number of sulfonamides is 1. The van der Waals surface area contributed by atoms with E-state index >= 15 is 0 Å². The lowest BCUT2D eigenvalue weighted by atomic mass is 10.2. The Morgan fingerprint density at radius 3 is 2.33 bits per heavy atom. The number of nitrogens with zero attached hydrogens (tertiary/aromatic N) is 1. The molecule has 2 aromatic carbocycles. The smallest absolute Gasteiger partial charge is 0.262 e. The van der Waals surface area contributed by atoms with Crippen LogP contribution in [0.5, 0.6) is 0 Å². The van der Waals surface area contributed by atoms with E-state index in [2.05, 4.69) is 4.72 Å². The second-order valence-corrected chi connectivity index (χ2v) is 7.66. The van der Waals surface area contributed by atoms with Crippen LogP contribution in [0.2, 0.25) is 0 Å². The Bertz CT molecular complexity index is 873. The van der Waals surface area contributed by atoms with Gasteiger partial charge in [-0.1, -0.05) is 30.3 Å². The quantitative estimate of drug-likeness (QED) is 0.905. The van der Waals surface area contributed by atoms with E-state index in [9.17, 15) is 13.2 Å². The van der Waals surface area contributed by atoms with Gasteiger partial charge in [-0.15, -0.1) is 0 Å². The summed E-state index contributed by atoms with van der Waals surface area (Å²) < 4.78 is 28.1. The molecule has 2 aromatic rings. The summed E-state index contributed by atoms with van der Waals surface area (Å²) in [5.74, 6) is -0.0833. The van der Waals surface area contributed by atoms with E-state index in [4.69, 9.17) is 0 Å². The number of amides is 1. The van der Waals surface area contributed by atoms with E-state index in [0.29, 0.717) is 16.9 Å². The van der Waals surface area contributed by atoms with E-state index < -0.39 is 10.0 Å². The molecule has 1 aliphatic carbocycles. The fourth-order valence-corrected chi connectivity index (χ4v) is 4.11. The predicted octanol–water partition coefficient (Wildman–Crippen LogP) is 3.31. The van der Waals surface area contributed by atoms with E-state index in [-0.39, 0.29) is 16.8 Å². The number of rotatable bonds is 5. The number of para-hydroxylation sites is 2. The van der Waals surface area contributed by atoms with E-state index in [1.54, 1.807) is 60.4 Å². The topological polar surface area (TPSA) is 66.5 Å². The van der Waals surface area contributed by atoms with Gasteiger partial charge in [0.15, 0.2) is 0 Å². The molecule has 1 saturated carbocycles. The molecule has 126 valence electrons. The van der Waals surface area contributed by atoms with Gasteiger partial charge in [0.1, 0.15) is 0 Å². The lowest BCUT2D eigenvalue weighted by molar-refractivity contribution is -0.116. The van der Waals surface area contributed by atoms with Gasteiger partial charge in [-0.3, -0.25) is 9.52 Å². The maximum Gasteiger partial charge on any atom is 0.262 e. The summed E-state index contributed by atoms with van der Waals surface area (Å²) in [6.45, 7) is 3.26. The van der Waals surface area contributed by atoms with Crippen LogP contribution in [0.4, 0.5) is 11.4 Å². The number of carbonyl (C=O) groups excluding carboxylic acids is 1. The Kier molecular flexibility index (Phi) is 4.32. The van der Waals surface area contributed by atoms with Gasteiger partial charge in [-0.25, -0.2) is 8.42 Å². The normalized spacial score (nSPS) is 14.2. The Morgan fingerprint density at radius 2 is 1.71 bits per heavy atom. The molecule has 1 aliphatic rings. The van der Waals surface area contributed by atoms with Gasteiger partial charge in [0, 0.05) is 13.0 Å². The maximum atomic E-state index is 12.7. The molecule has 0 heterocycles. The first-order chi connectivity index (χ1) is 11.4. The number of hydrogen-bond donors (Lipinski definition) is 1. The molecule has 0 aromatic heterocycles. The van der Waals surface area contributed by atoms with Crippen molar-refractivity contribution in [3.05, 3.63) is 54.1 Å². The number of aryl methyl sites for hydroxylation is 1. The number of nitrogens with one attached hydrogen (secondary N) is 1.